The van der Waals surface area contributed by atoms with Crippen LogP contribution in [0.15, 0.2) is 30.3 Å². The molecule has 0 bridgehead atoms. The summed E-state index contributed by atoms with van der Waals surface area (Å²) >= 11 is 0. The molecular weight excluding hydrogens is 333 g/mol. The topological polar surface area (TPSA) is 52.2 Å². The van der Waals surface area contributed by atoms with Gasteiger partial charge in [-0.2, -0.15) is 18.3 Å². The van der Waals surface area contributed by atoms with Crippen molar-refractivity contribution in [2.24, 2.45) is 0 Å². The van der Waals surface area contributed by atoms with E-state index in [2.05, 4.69) is 10.00 Å². The Labute approximate surface area is 143 Å². The van der Waals surface area contributed by atoms with Gasteiger partial charge in [0.25, 0.3) is 5.91 Å². The molecule has 8 heteroatoms. The van der Waals surface area contributed by atoms with Crippen LogP contribution in [0.25, 0.3) is 0 Å². The van der Waals surface area contributed by atoms with Crippen LogP contribution in [0.2, 0.25) is 0 Å². The lowest BCUT2D eigenvalue weighted by Gasteiger charge is -2.41. The molecule has 1 unspecified atom stereocenters. The maximum Gasteiger partial charge on any atom is 0.432 e. The molecule has 1 aliphatic heterocycles. The Bertz CT molecular complexity index is 771. The van der Waals surface area contributed by atoms with Gasteiger partial charge in [-0.05, 0) is 25.5 Å². The van der Waals surface area contributed by atoms with Gasteiger partial charge in [-0.25, -0.2) is 0 Å². The highest BCUT2D eigenvalue weighted by Crippen LogP contribution is 2.28. The van der Waals surface area contributed by atoms with Gasteiger partial charge in [-0.1, -0.05) is 18.2 Å². The third-order valence-corrected chi connectivity index (χ3v) is 4.45. The molecule has 1 atom stereocenters. The van der Waals surface area contributed by atoms with Crippen molar-refractivity contribution in [3.63, 3.8) is 0 Å². The van der Waals surface area contributed by atoms with Crippen molar-refractivity contribution in [1.29, 1.82) is 0 Å². The molecule has 0 spiro atoms. The highest BCUT2D eigenvalue weighted by Gasteiger charge is 2.35. The van der Waals surface area contributed by atoms with Crippen LogP contribution in [0.5, 0.6) is 0 Å². The van der Waals surface area contributed by atoms with E-state index in [1.165, 1.54) is 0 Å². The quantitative estimate of drug-likeness (QED) is 0.904. The molecule has 1 N–H and O–H groups in total. The largest absolute Gasteiger partial charge is 0.432 e. The number of H-pyrrole nitrogens is 1. The summed E-state index contributed by atoms with van der Waals surface area (Å²) in [5.41, 5.74) is 1.04. The number of hydrogen-bond acceptors (Lipinski definition) is 3. The summed E-state index contributed by atoms with van der Waals surface area (Å²) in [6.45, 7) is 5.59. The highest BCUT2D eigenvalue weighted by molar-refractivity contribution is 5.92. The fraction of sp³-hybridized carbons (Fsp3) is 0.412. The summed E-state index contributed by atoms with van der Waals surface area (Å²) in [5, 5.41) is 5.42. The van der Waals surface area contributed by atoms with E-state index in [1.54, 1.807) is 4.90 Å². The zero-order valence-corrected chi connectivity index (χ0v) is 14.0. The first-order chi connectivity index (χ1) is 11.8. The Balaban J connectivity index is 1.72. The van der Waals surface area contributed by atoms with E-state index < -0.39 is 17.8 Å². The fourth-order valence-electron chi connectivity index (χ4n) is 3.12. The van der Waals surface area contributed by atoms with Crippen molar-refractivity contribution in [2.45, 2.75) is 26.1 Å². The van der Waals surface area contributed by atoms with E-state index in [4.69, 9.17) is 0 Å². The molecule has 134 valence electrons. The summed E-state index contributed by atoms with van der Waals surface area (Å²) in [7, 11) is 0. The number of halogens is 3. The van der Waals surface area contributed by atoms with Gasteiger partial charge >= 0.3 is 6.18 Å². The number of aromatic nitrogens is 2. The molecule has 1 saturated heterocycles. The van der Waals surface area contributed by atoms with Crippen molar-refractivity contribution < 1.29 is 18.0 Å². The Hall–Kier alpha value is -2.51. The standard InChI is InChI=1S/C17H19F3N4O/c1-11-5-3-4-6-14(11)23-7-8-24(12(2)10-23)16(25)13-9-15(22-21-13)17(18,19)20/h3-6,9,12H,7-8,10H2,1-2H3,(H,21,22). The molecule has 1 aliphatic rings. The number of rotatable bonds is 2. The maximum atomic E-state index is 12.7. The van der Waals surface area contributed by atoms with Crippen molar-refractivity contribution in [1.82, 2.24) is 15.1 Å². The first-order valence-electron chi connectivity index (χ1n) is 8.01. The molecule has 2 heterocycles. The van der Waals surface area contributed by atoms with Crippen molar-refractivity contribution in [2.75, 3.05) is 24.5 Å². The first-order valence-corrected chi connectivity index (χ1v) is 8.01. The molecule has 0 radical (unpaired) electrons. The molecule has 1 fully saturated rings. The predicted molar refractivity (Wildman–Crippen MR) is 87.5 cm³/mol. The Morgan fingerprint density at radius 1 is 1.28 bits per heavy atom. The summed E-state index contributed by atoms with van der Waals surface area (Å²) in [4.78, 5) is 16.3. The predicted octanol–water partition coefficient (Wildman–Crippen LogP) is 3.09. The number of para-hydroxylation sites is 1. The minimum absolute atomic E-state index is 0.133. The number of aryl methyl sites for hydroxylation is 1. The number of hydrogen-bond donors (Lipinski definition) is 1. The molecule has 0 aliphatic carbocycles. The van der Waals surface area contributed by atoms with Gasteiger partial charge < -0.3 is 9.80 Å². The number of alkyl halides is 3. The highest BCUT2D eigenvalue weighted by atomic mass is 19.4. The number of carbonyl (C=O) groups excluding carboxylic acids is 1. The number of carbonyl (C=O) groups is 1. The number of anilines is 1. The zero-order chi connectivity index (χ0) is 18.2. The summed E-state index contributed by atoms with van der Waals surface area (Å²) < 4.78 is 38.0. The second-order valence-electron chi connectivity index (χ2n) is 6.24. The summed E-state index contributed by atoms with van der Waals surface area (Å²) in [6.07, 6.45) is -4.54. The van der Waals surface area contributed by atoms with Crippen LogP contribution in [0.4, 0.5) is 18.9 Å². The average Bonchev–Trinajstić information content (AvgIpc) is 3.05. The Kier molecular flexibility index (Phi) is 4.45. The normalized spacial score (nSPS) is 18.5. The van der Waals surface area contributed by atoms with Crippen molar-refractivity contribution in [3.8, 4) is 0 Å². The van der Waals surface area contributed by atoms with E-state index in [1.807, 2.05) is 43.2 Å². The van der Waals surface area contributed by atoms with Crippen LogP contribution < -0.4 is 4.90 Å². The minimum atomic E-state index is -4.54. The number of nitrogens with zero attached hydrogens (tertiary/aromatic N) is 3. The van der Waals surface area contributed by atoms with E-state index in [-0.39, 0.29) is 11.7 Å². The second kappa shape index (κ2) is 6.42. The van der Waals surface area contributed by atoms with Crippen LogP contribution in [0.3, 0.4) is 0 Å². The molecule has 3 rings (SSSR count). The van der Waals surface area contributed by atoms with Crippen LogP contribution in [0.1, 0.15) is 28.7 Å². The maximum absolute atomic E-state index is 12.7. The van der Waals surface area contributed by atoms with Crippen LogP contribution in [-0.4, -0.2) is 46.7 Å². The zero-order valence-electron chi connectivity index (χ0n) is 14.0. The minimum Gasteiger partial charge on any atom is -0.367 e. The van der Waals surface area contributed by atoms with E-state index in [0.29, 0.717) is 19.6 Å². The van der Waals surface area contributed by atoms with Gasteiger partial charge in [0.05, 0.1) is 0 Å². The second-order valence-corrected chi connectivity index (χ2v) is 6.24. The Morgan fingerprint density at radius 2 is 2.00 bits per heavy atom. The van der Waals surface area contributed by atoms with E-state index in [0.717, 1.165) is 17.3 Å². The van der Waals surface area contributed by atoms with Crippen LogP contribution >= 0.6 is 0 Å². The lowest BCUT2D eigenvalue weighted by Crippen LogP contribution is -2.54. The lowest BCUT2D eigenvalue weighted by molar-refractivity contribution is -0.141. The van der Waals surface area contributed by atoms with Crippen molar-refractivity contribution >= 4 is 11.6 Å². The molecule has 1 amide bonds. The Morgan fingerprint density at radius 3 is 2.60 bits per heavy atom. The molecule has 25 heavy (non-hydrogen) atoms. The van der Waals surface area contributed by atoms with Gasteiger partial charge in [-0.3, -0.25) is 9.89 Å². The molecule has 1 aromatic carbocycles. The van der Waals surface area contributed by atoms with Gasteiger partial charge in [0.2, 0.25) is 0 Å². The number of piperazine rings is 1. The van der Waals surface area contributed by atoms with Crippen LogP contribution in [0, 0.1) is 6.92 Å². The molecule has 2 aromatic rings. The summed E-state index contributed by atoms with van der Waals surface area (Å²) in [5.74, 6) is -0.483. The fourth-order valence-corrected chi connectivity index (χ4v) is 3.12. The van der Waals surface area contributed by atoms with Gasteiger partial charge in [0.1, 0.15) is 5.69 Å². The van der Waals surface area contributed by atoms with E-state index >= 15 is 0 Å². The number of aromatic amines is 1. The molecule has 1 aromatic heterocycles. The third-order valence-electron chi connectivity index (χ3n) is 4.45. The monoisotopic (exact) mass is 352 g/mol. The first kappa shape index (κ1) is 17.3. The molecule has 5 nitrogen and oxygen atoms in total. The van der Waals surface area contributed by atoms with Crippen molar-refractivity contribution in [3.05, 3.63) is 47.3 Å². The number of benzene rings is 1. The molecule has 0 saturated carbocycles. The SMILES string of the molecule is Cc1ccccc1N1CCN(C(=O)c2cc(C(F)(F)F)[nH]n2)C(C)C1. The molecular formula is C17H19F3N4O. The summed E-state index contributed by atoms with van der Waals surface area (Å²) in [6, 6.07) is 8.63. The smallest absolute Gasteiger partial charge is 0.367 e. The lowest BCUT2D eigenvalue weighted by atomic mass is 10.1. The third kappa shape index (κ3) is 3.47. The van der Waals surface area contributed by atoms with Gasteiger partial charge in [0.15, 0.2) is 5.69 Å². The van der Waals surface area contributed by atoms with Crippen LogP contribution in [-0.2, 0) is 6.18 Å². The van der Waals surface area contributed by atoms with E-state index in [9.17, 15) is 18.0 Å². The number of amides is 1. The average molecular weight is 352 g/mol. The van der Waals surface area contributed by atoms with Gasteiger partial charge in [-0.15, -0.1) is 0 Å². The number of nitrogens with one attached hydrogen (secondary N) is 1. The van der Waals surface area contributed by atoms with Gasteiger partial charge in [0, 0.05) is 37.4 Å².